The molecule has 0 bridgehead atoms. The van der Waals surface area contributed by atoms with Crippen LogP contribution in [0.1, 0.15) is 45.5 Å². The van der Waals surface area contributed by atoms with Gasteiger partial charge in [-0.05, 0) is 67.8 Å². The Morgan fingerprint density at radius 1 is 0.919 bits per heavy atom. The highest BCUT2D eigenvalue weighted by Gasteiger charge is 2.38. The van der Waals surface area contributed by atoms with Gasteiger partial charge >= 0.3 is 18.1 Å². The van der Waals surface area contributed by atoms with Gasteiger partial charge in [0.15, 0.2) is 0 Å². The minimum atomic E-state index is -5.13. The molecule has 0 radical (unpaired) electrons. The molecule has 0 aliphatic carbocycles. The molecule has 0 aromatic heterocycles. The number of alkyl halides is 3. The van der Waals surface area contributed by atoms with Crippen LogP contribution in [0.5, 0.6) is 0 Å². The van der Waals surface area contributed by atoms with Crippen LogP contribution in [-0.4, -0.2) is 59.8 Å². The smallest absolute Gasteiger partial charge is 0.383 e. The largest absolute Gasteiger partial charge is 0.473 e. The van der Waals surface area contributed by atoms with Crippen LogP contribution in [-0.2, 0) is 4.79 Å². The fourth-order valence-corrected chi connectivity index (χ4v) is 3.74. The molecule has 6 N–H and O–H groups in total. The van der Waals surface area contributed by atoms with Gasteiger partial charge in [-0.3, -0.25) is 14.4 Å². The number of hydrogen-bond acceptors (Lipinski definition) is 4. The van der Waals surface area contributed by atoms with E-state index in [2.05, 4.69) is 15.6 Å². The second-order valence-electron chi connectivity index (χ2n) is 8.30. The fourth-order valence-electron chi connectivity index (χ4n) is 3.74. The summed E-state index contributed by atoms with van der Waals surface area (Å²) in [5.74, 6) is -3.87. The first-order valence-corrected chi connectivity index (χ1v) is 11.3. The predicted octanol–water partition coefficient (Wildman–Crippen LogP) is 2.40. The Morgan fingerprint density at radius 3 is 2.11 bits per heavy atom. The number of amidine groups is 1. The van der Waals surface area contributed by atoms with Gasteiger partial charge in [0.05, 0.1) is 6.04 Å². The first-order valence-electron chi connectivity index (χ1n) is 11.3. The minimum absolute atomic E-state index is 0.0815. The van der Waals surface area contributed by atoms with E-state index in [1.165, 1.54) is 48.5 Å². The average Bonchev–Trinajstić information content (AvgIpc) is 2.87. The second kappa shape index (κ2) is 11.5. The molecule has 2 aromatic rings. The standard InChI is InChI=1S/C24H25F3N6O4/c25-24(26,27)22(36)32-19(28)14-8-10-17(11-9-14)31-23(37)33-12-2-1-3-18(33)13-30-21(35)16-6-4-15(5-7-16)20(29)34/h4-11,18H,1-3,12-13H2,(H2,29,34)(H,30,35)(H,31,37)(H2,28,32,36). The third-order valence-corrected chi connectivity index (χ3v) is 5.71. The molecule has 1 unspecified atom stereocenters. The summed E-state index contributed by atoms with van der Waals surface area (Å²) in [5, 5.41) is 5.51. The van der Waals surface area contributed by atoms with Crippen molar-refractivity contribution in [1.82, 2.24) is 10.2 Å². The first kappa shape index (κ1) is 27.2. The molecule has 196 valence electrons. The molecule has 1 aliphatic heterocycles. The Hall–Kier alpha value is -4.42. The topological polar surface area (TPSA) is 160 Å². The van der Waals surface area contributed by atoms with Gasteiger partial charge in [0.25, 0.3) is 5.91 Å². The highest BCUT2D eigenvalue weighted by molar-refractivity contribution is 6.05. The molecule has 37 heavy (non-hydrogen) atoms. The van der Waals surface area contributed by atoms with E-state index in [9.17, 15) is 32.3 Å². The Balaban J connectivity index is 1.59. The third-order valence-electron chi connectivity index (χ3n) is 5.71. The summed E-state index contributed by atoms with van der Waals surface area (Å²) in [4.78, 5) is 52.0. The van der Waals surface area contributed by atoms with Gasteiger partial charge < -0.3 is 27.0 Å². The number of likely N-dealkylation sites (tertiary alicyclic amines) is 1. The lowest BCUT2D eigenvalue weighted by Crippen LogP contribution is -2.50. The molecular formula is C24H25F3N6O4. The second-order valence-corrected chi connectivity index (χ2v) is 8.30. The summed E-state index contributed by atoms with van der Waals surface area (Å²) in [5.41, 5.74) is 11.7. The number of piperidine rings is 1. The van der Waals surface area contributed by atoms with E-state index >= 15 is 0 Å². The van der Waals surface area contributed by atoms with Crippen molar-refractivity contribution in [3.05, 3.63) is 65.2 Å². The summed E-state index contributed by atoms with van der Waals surface area (Å²) in [6, 6.07) is 10.7. The number of carbonyl (C=O) groups excluding carboxylic acids is 4. The monoisotopic (exact) mass is 518 g/mol. The molecule has 1 saturated heterocycles. The fraction of sp³-hybridized carbons (Fsp3) is 0.292. The summed E-state index contributed by atoms with van der Waals surface area (Å²) in [6.07, 6.45) is -2.79. The molecule has 10 nitrogen and oxygen atoms in total. The summed E-state index contributed by atoms with van der Waals surface area (Å²) in [6.45, 7) is 0.680. The maximum Gasteiger partial charge on any atom is 0.473 e. The van der Waals surface area contributed by atoms with E-state index in [4.69, 9.17) is 11.5 Å². The van der Waals surface area contributed by atoms with Crippen molar-refractivity contribution in [2.24, 2.45) is 16.5 Å². The SMILES string of the molecule is NC(=O)c1ccc(C(=O)NCC2CCCCN2C(=O)Nc2ccc(C(N)=NC(=O)C(F)(F)F)cc2)cc1. The summed E-state index contributed by atoms with van der Waals surface area (Å²) < 4.78 is 37.1. The highest BCUT2D eigenvalue weighted by atomic mass is 19.4. The number of anilines is 1. The number of nitrogens with zero attached hydrogens (tertiary/aromatic N) is 2. The van der Waals surface area contributed by atoms with E-state index in [0.717, 1.165) is 12.8 Å². The van der Waals surface area contributed by atoms with E-state index in [1.54, 1.807) is 4.90 Å². The van der Waals surface area contributed by atoms with Crippen molar-refractivity contribution in [3.8, 4) is 0 Å². The van der Waals surface area contributed by atoms with Gasteiger partial charge in [0.1, 0.15) is 5.84 Å². The zero-order chi connectivity index (χ0) is 27.2. The highest BCUT2D eigenvalue weighted by Crippen LogP contribution is 2.20. The Kier molecular flexibility index (Phi) is 8.48. The van der Waals surface area contributed by atoms with Gasteiger partial charge in [-0.1, -0.05) is 0 Å². The maximum absolute atomic E-state index is 12.9. The number of hydrogen-bond donors (Lipinski definition) is 4. The van der Waals surface area contributed by atoms with Crippen LogP contribution in [0.4, 0.5) is 23.7 Å². The molecule has 1 atom stereocenters. The van der Waals surface area contributed by atoms with E-state index in [1.807, 2.05) is 0 Å². The lowest BCUT2D eigenvalue weighted by atomic mass is 10.0. The predicted molar refractivity (Wildman–Crippen MR) is 129 cm³/mol. The zero-order valence-corrected chi connectivity index (χ0v) is 19.5. The number of halogens is 3. The third kappa shape index (κ3) is 7.29. The normalized spacial score (nSPS) is 16.1. The first-order chi connectivity index (χ1) is 17.5. The van der Waals surface area contributed by atoms with E-state index < -0.39 is 29.9 Å². The van der Waals surface area contributed by atoms with E-state index in [-0.39, 0.29) is 29.6 Å². The molecule has 0 saturated carbocycles. The molecule has 5 amide bonds. The van der Waals surface area contributed by atoms with Crippen molar-refractivity contribution in [1.29, 1.82) is 0 Å². The number of rotatable bonds is 6. The number of primary amides is 1. The van der Waals surface area contributed by atoms with Gasteiger partial charge in [0, 0.05) is 35.5 Å². The Bertz CT molecular complexity index is 1200. The van der Waals surface area contributed by atoms with Crippen molar-refractivity contribution in [3.63, 3.8) is 0 Å². The van der Waals surface area contributed by atoms with Crippen LogP contribution in [0, 0.1) is 0 Å². The van der Waals surface area contributed by atoms with Crippen LogP contribution in [0.15, 0.2) is 53.5 Å². The van der Waals surface area contributed by atoms with Crippen LogP contribution in [0.2, 0.25) is 0 Å². The molecular weight excluding hydrogens is 493 g/mol. The Morgan fingerprint density at radius 2 is 1.51 bits per heavy atom. The number of nitrogens with two attached hydrogens (primary N) is 2. The van der Waals surface area contributed by atoms with Crippen LogP contribution in [0.25, 0.3) is 0 Å². The summed E-state index contributed by atoms with van der Waals surface area (Å²) >= 11 is 0. The molecule has 13 heteroatoms. The molecule has 1 heterocycles. The number of benzene rings is 2. The Labute approximate surface area is 209 Å². The van der Waals surface area contributed by atoms with Gasteiger partial charge in [-0.25, -0.2) is 4.79 Å². The zero-order valence-electron chi connectivity index (χ0n) is 19.5. The molecule has 1 aliphatic rings. The average molecular weight is 518 g/mol. The lowest BCUT2D eigenvalue weighted by Gasteiger charge is -2.35. The number of aliphatic imine (C=N–C) groups is 1. The minimum Gasteiger partial charge on any atom is -0.383 e. The van der Waals surface area contributed by atoms with Crippen LogP contribution >= 0.6 is 0 Å². The molecule has 1 fully saturated rings. The van der Waals surface area contributed by atoms with Crippen molar-refractivity contribution in [2.45, 2.75) is 31.5 Å². The molecule has 0 spiro atoms. The number of nitrogens with one attached hydrogen (secondary N) is 2. The van der Waals surface area contributed by atoms with Crippen molar-refractivity contribution < 1.29 is 32.3 Å². The van der Waals surface area contributed by atoms with Crippen molar-refractivity contribution in [2.75, 3.05) is 18.4 Å². The molecule has 2 aromatic carbocycles. The van der Waals surface area contributed by atoms with Gasteiger partial charge in [0.2, 0.25) is 5.91 Å². The molecule has 3 rings (SSSR count). The lowest BCUT2D eigenvalue weighted by molar-refractivity contribution is -0.169. The van der Waals surface area contributed by atoms with Gasteiger partial charge in [-0.15, -0.1) is 0 Å². The maximum atomic E-state index is 12.9. The van der Waals surface area contributed by atoms with E-state index in [0.29, 0.717) is 24.2 Å². The van der Waals surface area contributed by atoms with Crippen molar-refractivity contribution >= 4 is 35.3 Å². The summed E-state index contributed by atoms with van der Waals surface area (Å²) in [7, 11) is 0. The van der Waals surface area contributed by atoms with Crippen LogP contribution < -0.4 is 22.1 Å². The quantitative estimate of drug-likeness (QED) is 0.341. The number of amides is 5. The number of urea groups is 1. The van der Waals surface area contributed by atoms with Gasteiger partial charge in [-0.2, -0.15) is 18.2 Å². The number of carbonyl (C=O) groups is 4. The van der Waals surface area contributed by atoms with Crippen LogP contribution in [0.3, 0.4) is 0 Å².